The highest BCUT2D eigenvalue weighted by atomic mass is 14.0. The van der Waals surface area contributed by atoms with Crippen LogP contribution in [-0.2, 0) is 0 Å². The summed E-state index contributed by atoms with van der Waals surface area (Å²) in [5, 5.41) is 0. The minimum Gasteiger partial charge on any atom is -0.0620 e. The van der Waals surface area contributed by atoms with Crippen molar-refractivity contribution in [3.05, 3.63) is 95.1 Å². The summed E-state index contributed by atoms with van der Waals surface area (Å²) in [6, 6.07) is 25.6. The van der Waals surface area contributed by atoms with Gasteiger partial charge in [-0.3, -0.25) is 0 Å². The van der Waals surface area contributed by atoms with Crippen LogP contribution in [0.1, 0.15) is 22.3 Å². The third-order valence-corrected chi connectivity index (χ3v) is 3.86. The Morgan fingerprint density at radius 3 is 1.00 bits per heavy atom. The maximum Gasteiger partial charge on any atom is -0.0184 e. The first-order chi connectivity index (χ1) is 10.6. The predicted octanol–water partition coefficient (Wildman–Crippen LogP) is 6.27. The Labute approximate surface area is 134 Å². The van der Waals surface area contributed by atoms with Crippen LogP contribution in [0.5, 0.6) is 0 Å². The van der Waals surface area contributed by atoms with Crippen LogP contribution in [0.25, 0.3) is 11.1 Å². The van der Waals surface area contributed by atoms with Gasteiger partial charge in [-0.2, -0.15) is 0 Å². The molecule has 0 saturated carbocycles. The topological polar surface area (TPSA) is 0 Å². The van der Waals surface area contributed by atoms with Gasteiger partial charge in [0, 0.05) is 0 Å². The van der Waals surface area contributed by atoms with Gasteiger partial charge in [0.15, 0.2) is 0 Å². The summed E-state index contributed by atoms with van der Waals surface area (Å²) in [6.45, 7) is 8.46. The van der Waals surface area contributed by atoms with Crippen LogP contribution in [0.2, 0.25) is 0 Å². The lowest BCUT2D eigenvalue weighted by Crippen LogP contribution is -1.78. The number of hydrogen-bond donors (Lipinski definition) is 0. The van der Waals surface area contributed by atoms with Gasteiger partial charge in [0.05, 0.1) is 0 Å². The Balaban J connectivity index is 0.000000188. The molecule has 0 atom stereocenters. The first-order valence-corrected chi connectivity index (χ1v) is 7.72. The van der Waals surface area contributed by atoms with Crippen LogP contribution in [0.4, 0.5) is 0 Å². The van der Waals surface area contributed by atoms with Gasteiger partial charge in [0.1, 0.15) is 0 Å². The molecule has 0 nitrogen and oxygen atoms in total. The lowest BCUT2D eigenvalue weighted by molar-refractivity contribution is 1.34. The summed E-state index contributed by atoms with van der Waals surface area (Å²) in [5.74, 6) is 0. The van der Waals surface area contributed by atoms with Gasteiger partial charge in [-0.1, -0.05) is 83.9 Å². The molecule has 0 aliphatic carbocycles. The van der Waals surface area contributed by atoms with Gasteiger partial charge in [-0.25, -0.2) is 0 Å². The molecule has 0 aliphatic heterocycles. The number of hydrogen-bond acceptors (Lipinski definition) is 0. The van der Waals surface area contributed by atoms with E-state index in [4.69, 9.17) is 0 Å². The van der Waals surface area contributed by atoms with E-state index in [0.717, 1.165) is 0 Å². The SMILES string of the molecule is Cc1ccc(-c2ccc(C)cc2)cc1.Cc1ccccc1C. The van der Waals surface area contributed by atoms with E-state index >= 15 is 0 Å². The fourth-order valence-corrected chi connectivity index (χ4v) is 2.15. The van der Waals surface area contributed by atoms with Crippen molar-refractivity contribution in [1.82, 2.24) is 0 Å². The zero-order chi connectivity index (χ0) is 15.9. The standard InChI is InChI=1S/C14H14.C8H10/c1-11-3-7-13(8-4-11)14-9-5-12(2)6-10-14;1-7-5-3-4-6-8(7)2/h3-10H,1-2H3;3-6H,1-2H3. The Morgan fingerprint density at radius 1 is 0.409 bits per heavy atom. The van der Waals surface area contributed by atoms with Crippen molar-refractivity contribution in [3.63, 3.8) is 0 Å². The van der Waals surface area contributed by atoms with Crippen LogP contribution >= 0.6 is 0 Å². The van der Waals surface area contributed by atoms with Crippen molar-refractivity contribution in [2.45, 2.75) is 27.7 Å². The van der Waals surface area contributed by atoms with Crippen molar-refractivity contribution < 1.29 is 0 Å². The Kier molecular flexibility index (Phi) is 5.55. The van der Waals surface area contributed by atoms with Gasteiger partial charge >= 0.3 is 0 Å². The molecule has 3 aromatic rings. The number of aryl methyl sites for hydroxylation is 4. The Hall–Kier alpha value is -2.34. The molecule has 0 spiro atoms. The molecule has 0 N–H and O–H groups in total. The Morgan fingerprint density at radius 2 is 0.727 bits per heavy atom. The molecule has 0 heteroatoms. The van der Waals surface area contributed by atoms with Crippen molar-refractivity contribution in [2.75, 3.05) is 0 Å². The molecular weight excluding hydrogens is 264 g/mol. The molecule has 0 fully saturated rings. The molecule has 3 aromatic carbocycles. The summed E-state index contributed by atoms with van der Waals surface area (Å²) in [7, 11) is 0. The maximum absolute atomic E-state index is 2.17. The molecule has 0 bridgehead atoms. The minimum atomic E-state index is 1.29. The third-order valence-electron chi connectivity index (χ3n) is 3.86. The molecule has 0 amide bonds. The van der Waals surface area contributed by atoms with Gasteiger partial charge in [-0.05, 0) is 49.9 Å². The van der Waals surface area contributed by atoms with Crippen molar-refractivity contribution >= 4 is 0 Å². The number of rotatable bonds is 1. The first kappa shape index (κ1) is 16.0. The molecule has 112 valence electrons. The van der Waals surface area contributed by atoms with Crippen molar-refractivity contribution in [1.29, 1.82) is 0 Å². The highest BCUT2D eigenvalue weighted by Gasteiger charge is 1.95. The molecule has 0 aromatic heterocycles. The molecule has 0 saturated heterocycles. The minimum absolute atomic E-state index is 1.29. The van der Waals surface area contributed by atoms with E-state index in [1.807, 2.05) is 0 Å². The maximum atomic E-state index is 2.17. The van der Waals surface area contributed by atoms with Gasteiger partial charge in [-0.15, -0.1) is 0 Å². The van der Waals surface area contributed by atoms with E-state index in [0.29, 0.717) is 0 Å². The van der Waals surface area contributed by atoms with E-state index < -0.39 is 0 Å². The van der Waals surface area contributed by atoms with E-state index in [9.17, 15) is 0 Å². The molecule has 22 heavy (non-hydrogen) atoms. The Bertz CT molecular complexity index is 639. The second-order valence-electron chi connectivity index (χ2n) is 5.82. The highest BCUT2D eigenvalue weighted by Crippen LogP contribution is 2.19. The normalized spacial score (nSPS) is 9.82. The van der Waals surface area contributed by atoms with Gasteiger partial charge in [0.25, 0.3) is 0 Å². The van der Waals surface area contributed by atoms with Gasteiger partial charge in [0.2, 0.25) is 0 Å². The summed E-state index contributed by atoms with van der Waals surface area (Å²) < 4.78 is 0. The lowest BCUT2D eigenvalue weighted by atomic mass is 10.0. The fraction of sp³-hybridized carbons (Fsp3) is 0.182. The quantitative estimate of drug-likeness (QED) is 0.494. The molecule has 0 aliphatic rings. The molecule has 0 radical (unpaired) electrons. The zero-order valence-electron chi connectivity index (χ0n) is 13.9. The van der Waals surface area contributed by atoms with E-state index in [1.54, 1.807) is 0 Å². The average Bonchev–Trinajstić information content (AvgIpc) is 2.53. The second kappa shape index (κ2) is 7.61. The first-order valence-electron chi connectivity index (χ1n) is 7.72. The van der Waals surface area contributed by atoms with Crippen molar-refractivity contribution in [3.8, 4) is 11.1 Å². The lowest BCUT2D eigenvalue weighted by Gasteiger charge is -2.02. The van der Waals surface area contributed by atoms with Crippen molar-refractivity contribution in [2.24, 2.45) is 0 Å². The van der Waals surface area contributed by atoms with E-state index in [1.165, 1.54) is 33.4 Å². The van der Waals surface area contributed by atoms with Gasteiger partial charge < -0.3 is 0 Å². The van der Waals surface area contributed by atoms with Crippen LogP contribution in [0.3, 0.4) is 0 Å². The summed E-state index contributed by atoms with van der Waals surface area (Å²) in [6.07, 6.45) is 0. The predicted molar refractivity (Wildman–Crippen MR) is 97.3 cm³/mol. The second-order valence-corrected chi connectivity index (χ2v) is 5.82. The van der Waals surface area contributed by atoms with E-state index in [-0.39, 0.29) is 0 Å². The zero-order valence-corrected chi connectivity index (χ0v) is 13.9. The average molecular weight is 288 g/mol. The number of benzene rings is 3. The summed E-state index contributed by atoms with van der Waals surface area (Å²) in [5.41, 5.74) is 7.92. The third kappa shape index (κ3) is 4.60. The fourth-order valence-electron chi connectivity index (χ4n) is 2.15. The molecule has 3 rings (SSSR count). The van der Waals surface area contributed by atoms with Crippen LogP contribution in [0, 0.1) is 27.7 Å². The summed E-state index contributed by atoms with van der Waals surface area (Å²) >= 11 is 0. The highest BCUT2D eigenvalue weighted by molar-refractivity contribution is 5.63. The molecule has 0 unspecified atom stereocenters. The molecule has 0 heterocycles. The van der Waals surface area contributed by atoms with Crippen LogP contribution in [-0.4, -0.2) is 0 Å². The van der Waals surface area contributed by atoms with Crippen LogP contribution < -0.4 is 0 Å². The van der Waals surface area contributed by atoms with Crippen LogP contribution in [0.15, 0.2) is 72.8 Å². The monoisotopic (exact) mass is 288 g/mol. The van der Waals surface area contributed by atoms with E-state index in [2.05, 4.69) is 100 Å². The smallest absolute Gasteiger partial charge is 0.0184 e. The summed E-state index contributed by atoms with van der Waals surface area (Å²) in [4.78, 5) is 0. The largest absolute Gasteiger partial charge is 0.0620 e. The molecular formula is C22H24.